The number of carbonyl (C=O) groups is 1. The Hall–Kier alpha value is -2.18. The molecule has 2 aliphatic heterocycles. The van der Waals surface area contributed by atoms with Gasteiger partial charge in [-0.3, -0.25) is 9.69 Å². The molecule has 35 heavy (non-hydrogen) atoms. The Kier molecular flexibility index (Phi) is 8.66. The molecule has 0 aliphatic carbocycles. The highest BCUT2D eigenvalue weighted by molar-refractivity contribution is 5.78. The molecule has 2 saturated heterocycles. The Balaban J connectivity index is 1.20. The fourth-order valence-electron chi connectivity index (χ4n) is 6.03. The van der Waals surface area contributed by atoms with E-state index in [0.717, 1.165) is 86.7 Å². The minimum absolute atomic E-state index is 0.130. The summed E-state index contributed by atoms with van der Waals surface area (Å²) in [4.78, 5) is 22.6. The maximum absolute atomic E-state index is 12.7. The molecule has 3 heterocycles. The highest BCUT2D eigenvalue weighted by atomic mass is 16.4. The normalized spacial score (nSPS) is 22.4. The molecule has 1 amide bonds. The second kappa shape index (κ2) is 11.7. The van der Waals surface area contributed by atoms with Crippen LogP contribution >= 0.6 is 0 Å². The number of aryl methyl sites for hydroxylation is 3. The summed E-state index contributed by atoms with van der Waals surface area (Å²) < 4.78 is 6.07. The van der Waals surface area contributed by atoms with E-state index in [1.54, 1.807) is 0 Å². The van der Waals surface area contributed by atoms with Crippen molar-refractivity contribution in [2.75, 3.05) is 39.3 Å². The highest BCUT2D eigenvalue weighted by Gasteiger charge is 2.26. The van der Waals surface area contributed by atoms with Crippen LogP contribution in [0.3, 0.4) is 0 Å². The summed E-state index contributed by atoms with van der Waals surface area (Å²) in [5.74, 6) is 3.55. The van der Waals surface area contributed by atoms with Gasteiger partial charge in [0.1, 0.15) is 5.76 Å². The van der Waals surface area contributed by atoms with Crippen LogP contribution in [0.25, 0.3) is 11.5 Å². The number of piperidine rings is 2. The number of benzene rings is 1. The summed E-state index contributed by atoms with van der Waals surface area (Å²) in [5, 5.41) is 3.21. The van der Waals surface area contributed by atoms with Crippen molar-refractivity contribution in [1.82, 2.24) is 20.1 Å². The predicted molar refractivity (Wildman–Crippen MR) is 141 cm³/mol. The fourth-order valence-corrected chi connectivity index (χ4v) is 6.03. The minimum Gasteiger partial charge on any atom is -0.441 e. The molecule has 2 aromatic rings. The Morgan fingerprint density at radius 2 is 1.71 bits per heavy atom. The van der Waals surface area contributed by atoms with Crippen molar-refractivity contribution < 1.29 is 9.21 Å². The van der Waals surface area contributed by atoms with Crippen LogP contribution in [-0.4, -0.2) is 60.0 Å². The Bertz CT molecular complexity index is 962. The predicted octanol–water partition coefficient (Wildman–Crippen LogP) is 4.96. The van der Waals surface area contributed by atoms with Crippen LogP contribution < -0.4 is 5.32 Å². The lowest BCUT2D eigenvalue weighted by atomic mass is 9.92. The monoisotopic (exact) mass is 480 g/mol. The lowest BCUT2D eigenvalue weighted by Crippen LogP contribution is -2.42. The molecular weight excluding hydrogens is 436 g/mol. The summed E-state index contributed by atoms with van der Waals surface area (Å²) in [7, 11) is 0. The fraction of sp³-hybridized carbons (Fsp3) is 0.655. The average Bonchev–Trinajstić information content (AvgIpc) is 3.16. The lowest BCUT2D eigenvalue weighted by Gasteiger charge is -2.35. The van der Waals surface area contributed by atoms with Gasteiger partial charge in [0.25, 0.3) is 0 Å². The van der Waals surface area contributed by atoms with Crippen LogP contribution in [0.2, 0.25) is 0 Å². The average molecular weight is 481 g/mol. The summed E-state index contributed by atoms with van der Waals surface area (Å²) >= 11 is 0. The molecule has 2 aliphatic rings. The van der Waals surface area contributed by atoms with E-state index in [1.165, 1.54) is 30.6 Å². The van der Waals surface area contributed by atoms with Crippen molar-refractivity contribution in [3.63, 3.8) is 0 Å². The van der Waals surface area contributed by atoms with Crippen LogP contribution in [-0.2, 0) is 11.3 Å². The molecule has 0 radical (unpaired) electrons. The third kappa shape index (κ3) is 6.73. The highest BCUT2D eigenvalue weighted by Crippen LogP contribution is 2.29. The lowest BCUT2D eigenvalue weighted by molar-refractivity contribution is -0.126. The van der Waals surface area contributed by atoms with Gasteiger partial charge in [-0.25, -0.2) is 4.98 Å². The second-order valence-corrected chi connectivity index (χ2v) is 11.2. The molecule has 4 rings (SSSR count). The first-order valence-electron chi connectivity index (χ1n) is 13.6. The number of carbonyl (C=O) groups excluding carboxylic acids is 1. The zero-order valence-electron chi connectivity index (χ0n) is 22.4. The van der Waals surface area contributed by atoms with Crippen molar-refractivity contribution in [3.05, 3.63) is 40.8 Å². The number of aromatic nitrogens is 1. The number of hydrogen-bond donors (Lipinski definition) is 1. The van der Waals surface area contributed by atoms with Gasteiger partial charge >= 0.3 is 0 Å². The van der Waals surface area contributed by atoms with Gasteiger partial charge in [0, 0.05) is 37.7 Å². The number of likely N-dealkylation sites (tertiary alicyclic amines) is 2. The smallest absolute Gasteiger partial charge is 0.227 e. The van der Waals surface area contributed by atoms with E-state index >= 15 is 0 Å². The van der Waals surface area contributed by atoms with E-state index in [0.29, 0.717) is 0 Å². The van der Waals surface area contributed by atoms with Crippen LogP contribution in [0.1, 0.15) is 62.1 Å². The second-order valence-electron chi connectivity index (χ2n) is 11.2. The van der Waals surface area contributed by atoms with Crippen LogP contribution in [0.4, 0.5) is 0 Å². The summed E-state index contributed by atoms with van der Waals surface area (Å²) in [5.41, 5.74) is 4.47. The first-order chi connectivity index (χ1) is 16.8. The molecular formula is C29H44N4O2. The Labute approximate surface area is 211 Å². The van der Waals surface area contributed by atoms with Crippen LogP contribution in [0.15, 0.2) is 22.6 Å². The standard InChI is InChI=1S/C29H44N4O2/c1-20-16-21(2)18-33(17-20)13-7-12-30-28(34)25-10-14-32(15-11-25)19-26-24(5)35-29(31-26)27-22(3)8-6-9-23(27)4/h6,8-9,20-21,25H,7,10-19H2,1-5H3,(H,30,34)/t20-,21+. The zero-order chi connectivity index (χ0) is 24.9. The molecule has 2 atom stereocenters. The quantitative estimate of drug-likeness (QED) is 0.541. The topological polar surface area (TPSA) is 61.6 Å². The van der Waals surface area contributed by atoms with E-state index in [1.807, 2.05) is 6.92 Å². The Morgan fingerprint density at radius 1 is 1.06 bits per heavy atom. The van der Waals surface area contributed by atoms with Gasteiger partial charge in [0.2, 0.25) is 11.8 Å². The van der Waals surface area contributed by atoms with Crippen molar-refractivity contribution >= 4 is 5.91 Å². The van der Waals surface area contributed by atoms with E-state index in [2.05, 4.69) is 61.0 Å². The van der Waals surface area contributed by atoms with Gasteiger partial charge in [0.05, 0.1) is 5.69 Å². The molecule has 0 bridgehead atoms. The van der Waals surface area contributed by atoms with Gasteiger partial charge < -0.3 is 14.6 Å². The van der Waals surface area contributed by atoms with E-state index < -0.39 is 0 Å². The molecule has 6 nitrogen and oxygen atoms in total. The third-order valence-electron chi connectivity index (χ3n) is 7.81. The number of nitrogens with one attached hydrogen (secondary N) is 1. The van der Waals surface area contributed by atoms with E-state index in [4.69, 9.17) is 9.40 Å². The maximum atomic E-state index is 12.7. The van der Waals surface area contributed by atoms with Crippen molar-refractivity contribution in [3.8, 4) is 11.5 Å². The molecule has 2 fully saturated rings. The SMILES string of the molecule is Cc1cccc(C)c1-c1nc(CN2CCC(C(=O)NCCCN3C[C@H](C)C[C@H](C)C3)CC2)c(C)o1. The van der Waals surface area contributed by atoms with Gasteiger partial charge in [-0.1, -0.05) is 32.0 Å². The maximum Gasteiger partial charge on any atom is 0.227 e. The first-order valence-corrected chi connectivity index (χ1v) is 13.6. The van der Waals surface area contributed by atoms with Crippen molar-refractivity contribution in [1.29, 1.82) is 0 Å². The number of rotatable bonds is 8. The first kappa shape index (κ1) is 25.9. The summed E-state index contributed by atoms with van der Waals surface area (Å²) in [6.07, 6.45) is 4.20. The van der Waals surface area contributed by atoms with Gasteiger partial charge in [0.15, 0.2) is 0 Å². The molecule has 0 saturated carbocycles. The van der Waals surface area contributed by atoms with Crippen molar-refractivity contribution in [2.45, 2.75) is 66.8 Å². The molecule has 1 aromatic carbocycles. The van der Waals surface area contributed by atoms with Crippen LogP contribution in [0, 0.1) is 38.5 Å². The molecule has 6 heteroatoms. The van der Waals surface area contributed by atoms with Gasteiger partial charge in [-0.15, -0.1) is 0 Å². The zero-order valence-corrected chi connectivity index (χ0v) is 22.4. The summed E-state index contributed by atoms with van der Waals surface area (Å²) in [6.45, 7) is 17.8. The van der Waals surface area contributed by atoms with Crippen LogP contribution in [0.5, 0.6) is 0 Å². The number of oxazole rings is 1. The number of nitrogens with zero attached hydrogens (tertiary/aromatic N) is 3. The Morgan fingerprint density at radius 3 is 2.37 bits per heavy atom. The largest absolute Gasteiger partial charge is 0.441 e. The molecule has 0 spiro atoms. The van der Waals surface area contributed by atoms with Gasteiger partial charge in [-0.2, -0.15) is 0 Å². The minimum atomic E-state index is 0.130. The number of amides is 1. The van der Waals surface area contributed by atoms with E-state index in [9.17, 15) is 4.79 Å². The van der Waals surface area contributed by atoms with Crippen molar-refractivity contribution in [2.24, 2.45) is 17.8 Å². The summed E-state index contributed by atoms with van der Waals surface area (Å²) in [6, 6.07) is 6.28. The molecule has 0 unspecified atom stereocenters. The molecule has 1 N–H and O–H groups in total. The van der Waals surface area contributed by atoms with Gasteiger partial charge in [-0.05, 0) is 89.1 Å². The molecule has 1 aromatic heterocycles. The third-order valence-corrected chi connectivity index (χ3v) is 7.81. The van der Waals surface area contributed by atoms with E-state index in [-0.39, 0.29) is 11.8 Å². The molecule has 192 valence electrons. The number of hydrogen-bond acceptors (Lipinski definition) is 5.